The van der Waals surface area contributed by atoms with Gasteiger partial charge in [-0.2, -0.15) is 5.10 Å². The number of ether oxygens (including phenoxy) is 2. The van der Waals surface area contributed by atoms with Gasteiger partial charge in [0.1, 0.15) is 0 Å². The fourth-order valence-corrected chi connectivity index (χ4v) is 3.48. The van der Waals surface area contributed by atoms with Gasteiger partial charge in [0.25, 0.3) is 0 Å². The molecule has 1 fully saturated rings. The second kappa shape index (κ2) is 7.74. The van der Waals surface area contributed by atoms with E-state index in [9.17, 15) is 4.79 Å². The number of amides is 1. The van der Waals surface area contributed by atoms with Gasteiger partial charge in [0.2, 0.25) is 12.7 Å². The normalized spacial score (nSPS) is 20.4. The average Bonchev–Trinajstić information content (AvgIpc) is 3.37. The monoisotopic (exact) mass is 390 g/mol. The molecule has 5 heteroatoms. The predicted molar refractivity (Wildman–Crippen MR) is 114 cm³/mol. The van der Waals surface area contributed by atoms with Crippen LogP contribution in [0.4, 0.5) is 0 Å². The van der Waals surface area contributed by atoms with E-state index in [1.54, 1.807) is 12.3 Å². The van der Waals surface area contributed by atoms with E-state index in [1.165, 1.54) is 11.1 Å². The number of carbonyl (C=O) groups is 1. The lowest BCUT2D eigenvalue weighted by molar-refractivity contribution is -0.122. The molecule has 1 N–H and O–H groups in total. The maximum Gasteiger partial charge on any atom is 0.243 e. The van der Waals surface area contributed by atoms with Gasteiger partial charge >= 0.3 is 0 Å². The first-order valence-electron chi connectivity index (χ1n) is 9.91. The van der Waals surface area contributed by atoms with Crippen molar-refractivity contribution >= 4 is 18.2 Å². The van der Waals surface area contributed by atoms with Crippen LogP contribution in [0.2, 0.25) is 0 Å². The minimum atomic E-state index is -0.0253. The van der Waals surface area contributed by atoms with E-state index in [1.807, 2.05) is 24.3 Å². The van der Waals surface area contributed by atoms with Gasteiger partial charge in [-0.15, -0.1) is 0 Å². The van der Waals surface area contributed by atoms with Crippen LogP contribution in [0.25, 0.3) is 6.08 Å². The molecule has 5 nitrogen and oxygen atoms in total. The molecule has 2 aromatic carbocycles. The largest absolute Gasteiger partial charge is 0.454 e. The number of nitrogens with zero attached hydrogens (tertiary/aromatic N) is 1. The summed E-state index contributed by atoms with van der Waals surface area (Å²) in [5, 5.41) is 4.03. The molecule has 2 aliphatic rings. The van der Waals surface area contributed by atoms with Gasteiger partial charge in [0, 0.05) is 12.1 Å². The molecule has 1 aliphatic carbocycles. The highest BCUT2D eigenvalue weighted by Gasteiger charge is 2.43. The molecule has 1 aliphatic heterocycles. The molecule has 0 bridgehead atoms. The third kappa shape index (κ3) is 4.50. The number of fused-ring (bicyclic) bond motifs is 1. The van der Waals surface area contributed by atoms with Crippen molar-refractivity contribution in [3.8, 4) is 11.5 Å². The summed E-state index contributed by atoms with van der Waals surface area (Å²) in [7, 11) is 0. The molecule has 0 saturated heterocycles. The van der Waals surface area contributed by atoms with Crippen molar-refractivity contribution in [2.45, 2.75) is 38.5 Å². The van der Waals surface area contributed by atoms with Crippen molar-refractivity contribution < 1.29 is 14.3 Å². The van der Waals surface area contributed by atoms with Crippen LogP contribution in [-0.4, -0.2) is 18.9 Å². The summed E-state index contributed by atoms with van der Waals surface area (Å²) in [6, 6.07) is 14.4. The summed E-state index contributed by atoms with van der Waals surface area (Å²) in [6.45, 7) is 6.87. The molecule has 2 aromatic rings. The average molecular weight is 390 g/mol. The predicted octanol–water partition coefficient (Wildman–Crippen LogP) is 4.63. The number of hydrazone groups is 1. The summed E-state index contributed by atoms with van der Waals surface area (Å²) in [4.78, 5) is 12.3. The molecular formula is C24H26N2O3. The third-order valence-electron chi connectivity index (χ3n) is 5.35. The highest BCUT2D eigenvalue weighted by Crippen LogP contribution is 2.47. The lowest BCUT2D eigenvalue weighted by Crippen LogP contribution is -2.19. The topological polar surface area (TPSA) is 59.9 Å². The molecule has 1 amide bonds. The standard InChI is InChI=1S/C24H26N2O3/c1-24(2,3)18-9-7-17(8-10-18)19-14-20(19)23(27)26-25-12-4-5-16-6-11-21-22(13-16)29-15-28-21/h4-13,19-20H,14-15H2,1-3H3,(H,26,27). The van der Waals surface area contributed by atoms with E-state index < -0.39 is 0 Å². The zero-order valence-corrected chi connectivity index (χ0v) is 17.0. The van der Waals surface area contributed by atoms with Crippen LogP contribution in [-0.2, 0) is 10.2 Å². The van der Waals surface area contributed by atoms with Gasteiger partial charge in [-0.1, -0.05) is 57.2 Å². The molecular weight excluding hydrogens is 364 g/mol. The third-order valence-corrected chi connectivity index (χ3v) is 5.35. The molecule has 0 spiro atoms. The van der Waals surface area contributed by atoms with Crippen LogP contribution in [0.15, 0.2) is 53.6 Å². The molecule has 2 atom stereocenters. The lowest BCUT2D eigenvalue weighted by atomic mass is 9.86. The van der Waals surface area contributed by atoms with E-state index in [0.29, 0.717) is 5.92 Å². The number of carbonyl (C=O) groups excluding carboxylic acids is 1. The van der Waals surface area contributed by atoms with Crippen molar-refractivity contribution in [2.24, 2.45) is 11.0 Å². The number of nitrogens with one attached hydrogen (secondary N) is 1. The van der Waals surface area contributed by atoms with Crippen LogP contribution < -0.4 is 14.9 Å². The van der Waals surface area contributed by atoms with Gasteiger partial charge in [-0.3, -0.25) is 4.79 Å². The van der Waals surface area contributed by atoms with Crippen molar-refractivity contribution in [2.75, 3.05) is 6.79 Å². The minimum Gasteiger partial charge on any atom is -0.454 e. The zero-order chi connectivity index (χ0) is 20.4. The summed E-state index contributed by atoms with van der Waals surface area (Å²) in [5.41, 5.74) is 6.30. The summed E-state index contributed by atoms with van der Waals surface area (Å²) in [6.07, 6.45) is 6.14. The maximum atomic E-state index is 12.3. The number of hydrogen-bond donors (Lipinski definition) is 1. The van der Waals surface area contributed by atoms with E-state index in [4.69, 9.17) is 9.47 Å². The van der Waals surface area contributed by atoms with Crippen molar-refractivity contribution in [3.63, 3.8) is 0 Å². The van der Waals surface area contributed by atoms with Crippen LogP contribution in [0, 0.1) is 5.92 Å². The zero-order valence-electron chi connectivity index (χ0n) is 17.0. The van der Waals surface area contributed by atoms with E-state index in [-0.39, 0.29) is 24.0 Å². The van der Waals surface area contributed by atoms with E-state index in [0.717, 1.165) is 23.5 Å². The Morgan fingerprint density at radius 1 is 1.10 bits per heavy atom. The van der Waals surface area contributed by atoms with Crippen LogP contribution >= 0.6 is 0 Å². The van der Waals surface area contributed by atoms with E-state index in [2.05, 4.69) is 55.6 Å². The van der Waals surface area contributed by atoms with Gasteiger partial charge in [-0.25, -0.2) is 5.43 Å². The van der Waals surface area contributed by atoms with E-state index >= 15 is 0 Å². The molecule has 0 aromatic heterocycles. The van der Waals surface area contributed by atoms with Gasteiger partial charge in [0.05, 0.1) is 0 Å². The Morgan fingerprint density at radius 2 is 1.86 bits per heavy atom. The second-order valence-electron chi connectivity index (χ2n) is 8.55. The fourth-order valence-electron chi connectivity index (χ4n) is 3.48. The Morgan fingerprint density at radius 3 is 2.62 bits per heavy atom. The maximum absolute atomic E-state index is 12.3. The molecule has 4 rings (SSSR count). The molecule has 1 saturated carbocycles. The fraction of sp³-hybridized carbons (Fsp3) is 0.333. The number of benzene rings is 2. The number of rotatable bonds is 5. The van der Waals surface area contributed by atoms with Crippen LogP contribution in [0.1, 0.15) is 49.8 Å². The first-order chi connectivity index (χ1) is 13.9. The van der Waals surface area contributed by atoms with Crippen molar-refractivity contribution in [3.05, 3.63) is 65.2 Å². The Balaban J connectivity index is 1.26. The van der Waals surface area contributed by atoms with Crippen LogP contribution in [0.3, 0.4) is 0 Å². The summed E-state index contributed by atoms with van der Waals surface area (Å²) in [5.74, 6) is 1.78. The SMILES string of the molecule is CC(C)(C)c1ccc(C2CC2C(=O)NN=CC=Cc2ccc3c(c2)OCO3)cc1. The molecule has 1 heterocycles. The number of allylic oxidation sites excluding steroid dienone is 1. The highest BCUT2D eigenvalue weighted by molar-refractivity contribution is 5.85. The molecule has 0 radical (unpaired) electrons. The lowest BCUT2D eigenvalue weighted by Gasteiger charge is -2.19. The molecule has 2 unspecified atom stereocenters. The second-order valence-corrected chi connectivity index (χ2v) is 8.55. The minimum absolute atomic E-state index is 0.00507. The van der Waals surface area contributed by atoms with Crippen LogP contribution in [0.5, 0.6) is 11.5 Å². The van der Waals surface area contributed by atoms with Crippen molar-refractivity contribution in [1.82, 2.24) is 5.43 Å². The Hall–Kier alpha value is -3.08. The number of hydrogen-bond acceptors (Lipinski definition) is 4. The molecule has 29 heavy (non-hydrogen) atoms. The Bertz CT molecular complexity index is 955. The first-order valence-corrected chi connectivity index (χ1v) is 9.91. The quantitative estimate of drug-likeness (QED) is 0.598. The highest BCUT2D eigenvalue weighted by atomic mass is 16.7. The summed E-state index contributed by atoms with van der Waals surface area (Å²) >= 11 is 0. The smallest absolute Gasteiger partial charge is 0.243 e. The Kier molecular flexibility index (Phi) is 5.14. The van der Waals surface area contributed by atoms with Gasteiger partial charge in [0.15, 0.2) is 11.5 Å². The molecule has 150 valence electrons. The Labute approximate surface area is 171 Å². The summed E-state index contributed by atoms with van der Waals surface area (Å²) < 4.78 is 10.6. The van der Waals surface area contributed by atoms with Gasteiger partial charge < -0.3 is 9.47 Å². The van der Waals surface area contributed by atoms with Crippen molar-refractivity contribution in [1.29, 1.82) is 0 Å². The first kappa shape index (κ1) is 19.2. The van der Waals surface area contributed by atoms with Gasteiger partial charge in [-0.05, 0) is 52.7 Å².